The lowest BCUT2D eigenvalue weighted by molar-refractivity contribution is 1.09. The number of H-pyrrole nitrogens is 2. The molecule has 0 fully saturated rings. The van der Waals surface area contributed by atoms with E-state index >= 15 is 0 Å². The van der Waals surface area contributed by atoms with Crippen molar-refractivity contribution in [3.8, 4) is 33.9 Å². The first-order chi connectivity index (χ1) is 14.4. The fourth-order valence-corrected chi connectivity index (χ4v) is 4.09. The summed E-state index contributed by atoms with van der Waals surface area (Å²) in [6.45, 7) is 0. The maximum atomic E-state index is 4.82. The second-order valence-electron chi connectivity index (χ2n) is 6.56. The van der Waals surface area contributed by atoms with E-state index in [4.69, 9.17) is 4.98 Å². The van der Waals surface area contributed by atoms with Gasteiger partial charge in [-0.15, -0.1) is 0 Å². The summed E-state index contributed by atoms with van der Waals surface area (Å²) in [5.74, 6) is 0.654. The molecule has 8 heteroatoms. The number of thiophene rings is 1. The van der Waals surface area contributed by atoms with Crippen molar-refractivity contribution in [3.05, 3.63) is 65.7 Å². The van der Waals surface area contributed by atoms with Crippen molar-refractivity contribution >= 4 is 33.5 Å². The number of rotatable bonds is 3. The number of pyridine rings is 3. The molecule has 29 heavy (non-hydrogen) atoms. The van der Waals surface area contributed by atoms with Gasteiger partial charge in [0.1, 0.15) is 11.2 Å². The predicted molar refractivity (Wildman–Crippen MR) is 113 cm³/mol. The Morgan fingerprint density at radius 3 is 2.76 bits per heavy atom. The van der Waals surface area contributed by atoms with Crippen LogP contribution < -0.4 is 0 Å². The van der Waals surface area contributed by atoms with Crippen LogP contribution >= 0.6 is 11.3 Å². The Morgan fingerprint density at radius 2 is 1.90 bits per heavy atom. The number of aromatic amines is 2. The van der Waals surface area contributed by atoms with E-state index in [2.05, 4.69) is 47.0 Å². The van der Waals surface area contributed by atoms with Crippen LogP contribution in [0.4, 0.5) is 0 Å². The van der Waals surface area contributed by atoms with Crippen molar-refractivity contribution in [3.63, 3.8) is 0 Å². The molecule has 0 aliphatic rings. The highest BCUT2D eigenvalue weighted by atomic mass is 32.1. The minimum absolute atomic E-state index is 0.654. The van der Waals surface area contributed by atoms with Gasteiger partial charge in [-0.05, 0) is 46.7 Å². The molecule has 0 bridgehead atoms. The van der Waals surface area contributed by atoms with Crippen molar-refractivity contribution in [2.45, 2.75) is 0 Å². The molecule has 6 aromatic rings. The summed E-state index contributed by atoms with van der Waals surface area (Å²) in [7, 11) is 0. The molecule has 2 N–H and O–H groups in total. The number of hydrogen-bond acceptors (Lipinski definition) is 6. The van der Waals surface area contributed by atoms with E-state index in [-0.39, 0.29) is 0 Å². The fraction of sp³-hybridized carbons (Fsp3) is 0. The number of hydrogen-bond donors (Lipinski definition) is 2. The lowest BCUT2D eigenvalue weighted by Crippen LogP contribution is -1.86. The van der Waals surface area contributed by atoms with Gasteiger partial charge >= 0.3 is 0 Å². The first kappa shape index (κ1) is 16.1. The zero-order valence-electron chi connectivity index (χ0n) is 15.0. The zero-order valence-corrected chi connectivity index (χ0v) is 15.8. The number of nitrogens with one attached hydrogen (secondary N) is 2. The Labute approximate surface area is 168 Å². The number of aromatic nitrogens is 7. The molecule has 0 saturated heterocycles. The summed E-state index contributed by atoms with van der Waals surface area (Å²) >= 11 is 1.66. The summed E-state index contributed by atoms with van der Waals surface area (Å²) in [6, 6.07) is 11.9. The fourth-order valence-electron chi connectivity index (χ4n) is 3.43. The van der Waals surface area contributed by atoms with Crippen molar-refractivity contribution in [1.82, 2.24) is 35.1 Å². The Kier molecular flexibility index (Phi) is 3.50. The minimum atomic E-state index is 0.654. The average Bonchev–Trinajstić information content (AvgIpc) is 3.52. The topological polar surface area (TPSA) is 96.0 Å². The summed E-state index contributed by atoms with van der Waals surface area (Å²) in [6.07, 6.45) is 5.36. The van der Waals surface area contributed by atoms with E-state index in [9.17, 15) is 0 Å². The predicted octanol–water partition coefficient (Wildman–Crippen LogP) is 4.69. The highest BCUT2D eigenvalue weighted by molar-refractivity contribution is 7.08. The average molecular weight is 395 g/mol. The number of fused-ring (bicyclic) bond motifs is 2. The molecule has 0 spiro atoms. The van der Waals surface area contributed by atoms with Gasteiger partial charge in [-0.25, -0.2) is 15.0 Å². The Morgan fingerprint density at radius 1 is 0.897 bits per heavy atom. The van der Waals surface area contributed by atoms with Crippen LogP contribution in [-0.4, -0.2) is 35.1 Å². The van der Waals surface area contributed by atoms with Crippen LogP contribution in [-0.2, 0) is 0 Å². The van der Waals surface area contributed by atoms with Gasteiger partial charge in [-0.2, -0.15) is 16.4 Å². The highest BCUT2D eigenvalue weighted by Gasteiger charge is 2.17. The molecule has 0 aromatic carbocycles. The second-order valence-corrected chi connectivity index (χ2v) is 7.34. The summed E-state index contributed by atoms with van der Waals surface area (Å²) in [4.78, 5) is 21.5. The number of imidazole rings is 1. The molecular weight excluding hydrogens is 382 g/mol. The smallest absolute Gasteiger partial charge is 0.161 e. The van der Waals surface area contributed by atoms with Crippen molar-refractivity contribution in [1.29, 1.82) is 0 Å². The zero-order chi connectivity index (χ0) is 19.2. The molecule has 0 aliphatic carbocycles. The van der Waals surface area contributed by atoms with Crippen LogP contribution in [0.1, 0.15) is 0 Å². The third-order valence-electron chi connectivity index (χ3n) is 4.82. The summed E-state index contributed by atoms with van der Waals surface area (Å²) in [5.41, 5.74) is 6.93. The third kappa shape index (κ3) is 2.61. The van der Waals surface area contributed by atoms with E-state index < -0.39 is 0 Å². The molecular formula is C21H13N7S. The lowest BCUT2D eigenvalue weighted by atomic mass is 10.1. The van der Waals surface area contributed by atoms with Crippen LogP contribution in [0.5, 0.6) is 0 Å². The van der Waals surface area contributed by atoms with Crippen LogP contribution in [0.2, 0.25) is 0 Å². The largest absolute Gasteiger partial charge is 0.321 e. The standard InChI is InChI=1S/C21H13N7S/c1-2-6-22-16(3-1)13-9-15-18(27-28-19(15)24-10-13)21-25-17-14(12-5-8-29-11-12)4-7-23-20(17)26-21/h1-11H,(H,23,25,26)(H,24,27,28). The van der Waals surface area contributed by atoms with Crippen LogP contribution in [0, 0.1) is 0 Å². The van der Waals surface area contributed by atoms with E-state index in [1.807, 2.05) is 30.3 Å². The lowest BCUT2D eigenvalue weighted by Gasteiger charge is -2.00. The molecule has 7 nitrogen and oxygen atoms in total. The van der Waals surface area contributed by atoms with E-state index in [0.717, 1.165) is 38.9 Å². The number of nitrogens with zero attached hydrogens (tertiary/aromatic N) is 5. The van der Waals surface area contributed by atoms with Gasteiger partial charge < -0.3 is 4.98 Å². The second kappa shape index (κ2) is 6.32. The third-order valence-corrected chi connectivity index (χ3v) is 5.50. The minimum Gasteiger partial charge on any atom is -0.321 e. The highest BCUT2D eigenvalue weighted by Crippen LogP contribution is 2.32. The summed E-state index contributed by atoms with van der Waals surface area (Å²) < 4.78 is 0. The quantitative estimate of drug-likeness (QED) is 0.453. The van der Waals surface area contributed by atoms with E-state index in [1.165, 1.54) is 0 Å². The first-order valence-electron chi connectivity index (χ1n) is 9.00. The van der Waals surface area contributed by atoms with E-state index in [0.29, 0.717) is 17.2 Å². The molecule has 0 aliphatic heterocycles. The maximum Gasteiger partial charge on any atom is 0.161 e. The van der Waals surface area contributed by atoms with Crippen LogP contribution in [0.25, 0.3) is 56.1 Å². The normalized spacial score (nSPS) is 11.4. The molecule has 0 atom stereocenters. The maximum absolute atomic E-state index is 4.82. The van der Waals surface area contributed by atoms with Gasteiger partial charge in [0.15, 0.2) is 17.1 Å². The van der Waals surface area contributed by atoms with Crippen LogP contribution in [0.15, 0.2) is 65.7 Å². The molecule has 0 saturated carbocycles. The molecule has 0 unspecified atom stereocenters. The molecule has 0 radical (unpaired) electrons. The van der Waals surface area contributed by atoms with Gasteiger partial charge in [0, 0.05) is 29.7 Å². The molecule has 138 valence electrons. The van der Waals surface area contributed by atoms with E-state index in [1.54, 1.807) is 29.9 Å². The van der Waals surface area contributed by atoms with Gasteiger partial charge in [-0.1, -0.05) is 6.07 Å². The monoisotopic (exact) mass is 395 g/mol. The SMILES string of the molecule is c1ccc(-c2cnc3[nH]nc(-c4nc5c(-c6ccsc6)ccnc5[nH]4)c3c2)nc1. The Bertz CT molecular complexity index is 1450. The Balaban J connectivity index is 1.53. The molecule has 6 rings (SSSR count). The van der Waals surface area contributed by atoms with Gasteiger partial charge in [0.25, 0.3) is 0 Å². The Hall–Kier alpha value is -3.91. The molecule has 6 heterocycles. The van der Waals surface area contributed by atoms with Gasteiger partial charge in [-0.3, -0.25) is 10.1 Å². The first-order valence-corrected chi connectivity index (χ1v) is 9.94. The van der Waals surface area contributed by atoms with Gasteiger partial charge in [0.2, 0.25) is 0 Å². The summed E-state index contributed by atoms with van der Waals surface area (Å²) in [5, 5.41) is 12.5. The van der Waals surface area contributed by atoms with Crippen LogP contribution in [0.3, 0.4) is 0 Å². The molecule has 6 aromatic heterocycles. The van der Waals surface area contributed by atoms with Crippen molar-refractivity contribution < 1.29 is 0 Å². The van der Waals surface area contributed by atoms with Crippen molar-refractivity contribution in [2.75, 3.05) is 0 Å². The van der Waals surface area contributed by atoms with Crippen molar-refractivity contribution in [2.24, 2.45) is 0 Å². The van der Waals surface area contributed by atoms with Gasteiger partial charge in [0.05, 0.1) is 11.1 Å². The molecule has 0 amide bonds.